The summed E-state index contributed by atoms with van der Waals surface area (Å²) in [7, 11) is 2.80. The summed E-state index contributed by atoms with van der Waals surface area (Å²) < 4.78 is 5.08. The van der Waals surface area contributed by atoms with Gasteiger partial charge >= 0.3 is 0 Å². The molecule has 3 heteroatoms. The van der Waals surface area contributed by atoms with Gasteiger partial charge in [0.1, 0.15) is 10.5 Å². The highest BCUT2D eigenvalue weighted by Crippen LogP contribution is 2.01. The summed E-state index contributed by atoms with van der Waals surface area (Å²) in [4.78, 5) is 0. The van der Waals surface area contributed by atoms with E-state index in [9.17, 15) is 0 Å². The summed E-state index contributed by atoms with van der Waals surface area (Å²) in [5.74, 6) is 0. The first kappa shape index (κ1) is 13.7. The van der Waals surface area contributed by atoms with Crippen molar-refractivity contribution in [2.45, 2.75) is 46.3 Å². The van der Waals surface area contributed by atoms with Gasteiger partial charge in [0.15, 0.2) is 0 Å². The van der Waals surface area contributed by atoms with E-state index in [2.05, 4.69) is 39.9 Å². The molecule has 1 N–H and O–H groups in total. The minimum atomic E-state index is 0.103. The molecule has 0 heterocycles. The number of hydrogen-bond donors (Lipinski definition) is 1. The molecule has 0 aliphatic carbocycles. The molecule has 11 heavy (non-hydrogen) atoms. The minimum absolute atomic E-state index is 0.103. The minimum Gasteiger partial charge on any atom is -0.423 e. The molecule has 0 aromatic heterocycles. The maximum Gasteiger partial charge on any atom is 0.146 e. The Balaban J connectivity index is 0. The summed E-state index contributed by atoms with van der Waals surface area (Å²) in [5, 5.41) is 3.03. The van der Waals surface area contributed by atoms with Gasteiger partial charge in [-0.3, -0.25) is 0 Å². The highest BCUT2D eigenvalue weighted by atomic mass is 28.2. The second kappa shape index (κ2) is 6.82. The van der Waals surface area contributed by atoms with Crippen LogP contribution in [0.25, 0.3) is 0 Å². The largest absolute Gasteiger partial charge is 0.423 e. The molecule has 0 fully saturated rings. The summed E-state index contributed by atoms with van der Waals surface area (Å²) >= 11 is 0. The lowest BCUT2D eigenvalue weighted by molar-refractivity contribution is 0.147. The lowest BCUT2D eigenvalue weighted by Crippen LogP contribution is -2.16. The van der Waals surface area contributed by atoms with Crippen molar-refractivity contribution in [1.82, 2.24) is 5.32 Å². The van der Waals surface area contributed by atoms with E-state index in [1.807, 2.05) is 7.05 Å². The van der Waals surface area contributed by atoms with Gasteiger partial charge in [-0.25, -0.2) is 0 Å². The summed E-state index contributed by atoms with van der Waals surface area (Å²) in [5.41, 5.74) is 0.103. The van der Waals surface area contributed by atoms with Crippen LogP contribution in [0.1, 0.15) is 34.6 Å². The van der Waals surface area contributed by atoms with Crippen molar-refractivity contribution in [1.29, 1.82) is 0 Å². The molecule has 0 spiro atoms. The van der Waals surface area contributed by atoms with Crippen molar-refractivity contribution in [2.24, 2.45) is 0 Å². The Bertz CT molecular complexity index is 78.7. The molecule has 0 atom stereocenters. The molecule has 70 valence electrons. The van der Waals surface area contributed by atoms with Gasteiger partial charge in [-0.1, -0.05) is 13.8 Å². The fourth-order valence-electron chi connectivity index (χ4n) is 0. The van der Waals surface area contributed by atoms with E-state index >= 15 is 0 Å². The first-order chi connectivity index (χ1) is 4.83. The zero-order valence-electron chi connectivity index (χ0n) is 8.99. The highest BCUT2D eigenvalue weighted by molar-refractivity contribution is 5.98. The molecule has 0 bridgehead atoms. The van der Waals surface area contributed by atoms with Gasteiger partial charge in [0.05, 0.1) is 0 Å². The molecule has 0 rings (SSSR count). The normalized spacial score (nSPS) is 11.2. The van der Waals surface area contributed by atoms with E-state index in [-0.39, 0.29) is 5.60 Å². The number of hydrogen-bond acceptors (Lipinski definition) is 2. The predicted octanol–water partition coefficient (Wildman–Crippen LogP) is 0.696. The molecule has 0 aromatic carbocycles. The summed E-state index contributed by atoms with van der Waals surface area (Å²) in [6, 6.07) is 0.634. The van der Waals surface area contributed by atoms with Crippen LogP contribution in [0, 0.1) is 0 Å². The van der Waals surface area contributed by atoms with Crippen LogP contribution in [0.4, 0.5) is 0 Å². The third-order valence-corrected chi connectivity index (χ3v) is 2.41. The molecular weight excluding hydrogens is 154 g/mol. The van der Waals surface area contributed by atoms with Gasteiger partial charge in [-0.05, 0) is 27.8 Å². The van der Waals surface area contributed by atoms with Crippen LogP contribution >= 0.6 is 0 Å². The topological polar surface area (TPSA) is 21.3 Å². The van der Waals surface area contributed by atoms with Gasteiger partial charge in [0, 0.05) is 11.6 Å². The van der Waals surface area contributed by atoms with Gasteiger partial charge in [-0.15, -0.1) is 0 Å². The Morgan fingerprint density at radius 1 is 1.27 bits per heavy atom. The molecular formula is C8H23NOSi. The first-order valence-electron chi connectivity index (χ1n) is 4.06. The Labute approximate surface area is 74.3 Å². The second-order valence-corrected chi connectivity index (χ2v) is 4.17. The SMILES string of the molecule is CC(C)(C)O[SiH3].CNC(C)C. The van der Waals surface area contributed by atoms with E-state index in [4.69, 9.17) is 4.43 Å². The first-order valence-corrected chi connectivity index (χ1v) is 4.87. The Hall–Kier alpha value is 0.137. The second-order valence-electron chi connectivity index (χ2n) is 3.76. The molecule has 0 aromatic rings. The van der Waals surface area contributed by atoms with Crippen molar-refractivity contribution >= 4 is 10.5 Å². The predicted molar refractivity (Wildman–Crippen MR) is 55.0 cm³/mol. The average molecular weight is 177 g/mol. The molecule has 0 amide bonds. The van der Waals surface area contributed by atoms with Crippen molar-refractivity contribution in [3.05, 3.63) is 0 Å². The fourth-order valence-corrected chi connectivity index (χ4v) is 0. The summed E-state index contributed by atoms with van der Waals surface area (Å²) in [6.07, 6.45) is 0. The van der Waals surface area contributed by atoms with E-state index in [1.165, 1.54) is 0 Å². The Morgan fingerprint density at radius 2 is 1.45 bits per heavy atom. The zero-order chi connectivity index (χ0) is 9.49. The van der Waals surface area contributed by atoms with Crippen molar-refractivity contribution in [3.8, 4) is 0 Å². The Morgan fingerprint density at radius 3 is 1.45 bits per heavy atom. The van der Waals surface area contributed by atoms with Gasteiger partial charge in [0.25, 0.3) is 0 Å². The van der Waals surface area contributed by atoms with Gasteiger partial charge in [0.2, 0.25) is 0 Å². The number of nitrogens with one attached hydrogen (secondary N) is 1. The van der Waals surface area contributed by atoms with E-state index in [0.29, 0.717) is 6.04 Å². The average Bonchev–Trinajstić information content (AvgIpc) is 1.88. The molecule has 2 nitrogen and oxygen atoms in total. The van der Waals surface area contributed by atoms with Crippen LogP contribution in [-0.4, -0.2) is 29.2 Å². The molecule has 0 saturated heterocycles. The number of rotatable bonds is 1. The van der Waals surface area contributed by atoms with Crippen LogP contribution in [-0.2, 0) is 4.43 Å². The molecule has 0 unspecified atom stereocenters. The van der Waals surface area contributed by atoms with Crippen LogP contribution < -0.4 is 5.32 Å². The molecule has 0 radical (unpaired) electrons. The van der Waals surface area contributed by atoms with Crippen molar-refractivity contribution in [2.75, 3.05) is 7.05 Å². The summed E-state index contributed by atoms with van der Waals surface area (Å²) in [6.45, 7) is 10.4. The van der Waals surface area contributed by atoms with E-state index in [0.717, 1.165) is 10.5 Å². The van der Waals surface area contributed by atoms with Gasteiger partial charge < -0.3 is 9.74 Å². The van der Waals surface area contributed by atoms with Crippen molar-refractivity contribution < 1.29 is 4.43 Å². The quantitative estimate of drug-likeness (QED) is 0.595. The molecule has 0 saturated carbocycles. The van der Waals surface area contributed by atoms with Gasteiger partial charge in [-0.2, -0.15) is 0 Å². The third-order valence-electron chi connectivity index (χ3n) is 1.19. The maximum atomic E-state index is 5.08. The molecule has 0 aliphatic rings. The highest BCUT2D eigenvalue weighted by Gasteiger charge is 2.03. The lowest BCUT2D eigenvalue weighted by atomic mass is 10.2. The Kier molecular flexibility index (Phi) is 8.50. The standard InChI is InChI=1S/C4H11N.C4H12OSi/c1-4(2)5-3;1-4(2,3)5-6/h4-5H,1-3H3;1-3,6H3. The zero-order valence-corrected chi connectivity index (χ0v) is 11.0. The van der Waals surface area contributed by atoms with Crippen molar-refractivity contribution in [3.63, 3.8) is 0 Å². The van der Waals surface area contributed by atoms with Crippen LogP contribution in [0.5, 0.6) is 0 Å². The smallest absolute Gasteiger partial charge is 0.146 e. The lowest BCUT2D eigenvalue weighted by Gasteiger charge is -2.15. The third kappa shape index (κ3) is 25.4. The molecule has 0 aliphatic heterocycles. The van der Waals surface area contributed by atoms with Crippen LogP contribution in [0.3, 0.4) is 0 Å². The van der Waals surface area contributed by atoms with E-state index < -0.39 is 0 Å². The monoisotopic (exact) mass is 177 g/mol. The van der Waals surface area contributed by atoms with Crippen LogP contribution in [0.2, 0.25) is 0 Å². The fraction of sp³-hybridized carbons (Fsp3) is 1.00. The van der Waals surface area contributed by atoms with Crippen LogP contribution in [0.15, 0.2) is 0 Å². The van der Waals surface area contributed by atoms with E-state index in [1.54, 1.807) is 0 Å². The maximum absolute atomic E-state index is 5.08.